The van der Waals surface area contributed by atoms with Crippen LogP contribution in [0.4, 0.5) is 10.5 Å². The largest absolute Gasteiger partial charge is 0.381 e. The Morgan fingerprint density at radius 3 is 2.74 bits per heavy atom. The molecule has 1 spiro atoms. The molecule has 0 bridgehead atoms. The first-order valence-electron chi connectivity index (χ1n) is 8.24. The molecule has 6 heteroatoms. The Balaban J connectivity index is 1.44. The van der Waals surface area contributed by atoms with Crippen LogP contribution in [0, 0.1) is 0 Å². The van der Waals surface area contributed by atoms with E-state index in [2.05, 4.69) is 28.4 Å². The summed E-state index contributed by atoms with van der Waals surface area (Å²) in [4.78, 5) is 28.6. The van der Waals surface area contributed by atoms with Gasteiger partial charge in [0.05, 0.1) is 0 Å². The van der Waals surface area contributed by atoms with Gasteiger partial charge in [-0.15, -0.1) is 0 Å². The number of nitrogens with one attached hydrogen (secondary N) is 1. The second kappa shape index (κ2) is 5.53. The quantitative estimate of drug-likeness (QED) is 0.850. The lowest BCUT2D eigenvalue weighted by Gasteiger charge is -2.30. The molecule has 0 atom stereocenters. The van der Waals surface area contributed by atoms with E-state index in [1.165, 1.54) is 16.2 Å². The van der Waals surface area contributed by atoms with Crippen molar-refractivity contribution in [2.45, 2.75) is 24.8 Å². The molecule has 0 saturated carbocycles. The summed E-state index contributed by atoms with van der Waals surface area (Å²) in [5, 5.41) is 2.90. The maximum Gasteiger partial charge on any atom is 0.325 e. The Kier molecular flexibility index (Phi) is 3.49. The number of hydrogen-bond acceptors (Lipinski definition) is 4. The van der Waals surface area contributed by atoms with Crippen LogP contribution in [-0.2, 0) is 16.0 Å². The first-order valence-corrected chi connectivity index (χ1v) is 8.24. The molecule has 6 nitrogen and oxygen atoms in total. The van der Waals surface area contributed by atoms with E-state index in [1.54, 1.807) is 0 Å². The fourth-order valence-corrected chi connectivity index (χ4v) is 3.80. The van der Waals surface area contributed by atoms with Gasteiger partial charge in [0.1, 0.15) is 5.54 Å². The maximum absolute atomic E-state index is 12.7. The Morgan fingerprint density at radius 2 is 1.91 bits per heavy atom. The molecule has 1 N–H and O–H groups in total. The average Bonchev–Trinajstić information content (AvgIpc) is 3.07. The molecule has 0 unspecified atom stereocenters. The summed E-state index contributed by atoms with van der Waals surface area (Å²) in [6, 6.07) is 8.06. The average molecular weight is 315 g/mol. The summed E-state index contributed by atoms with van der Waals surface area (Å²) < 4.78 is 5.33. The molecule has 3 aliphatic heterocycles. The third-order valence-corrected chi connectivity index (χ3v) is 5.17. The van der Waals surface area contributed by atoms with Crippen LogP contribution in [-0.4, -0.2) is 55.2 Å². The topological polar surface area (TPSA) is 61.9 Å². The monoisotopic (exact) mass is 315 g/mol. The number of rotatable bonds is 3. The molecule has 2 saturated heterocycles. The molecular weight excluding hydrogens is 294 g/mol. The van der Waals surface area contributed by atoms with Gasteiger partial charge in [0.2, 0.25) is 0 Å². The van der Waals surface area contributed by atoms with Crippen LogP contribution in [0.5, 0.6) is 0 Å². The van der Waals surface area contributed by atoms with E-state index < -0.39 is 5.54 Å². The van der Waals surface area contributed by atoms with Crippen molar-refractivity contribution in [3.05, 3.63) is 29.8 Å². The number of hydrogen-bond donors (Lipinski definition) is 1. The molecule has 122 valence electrons. The lowest BCUT2D eigenvalue weighted by molar-refractivity contribution is -0.134. The normalized spacial score (nSPS) is 22.6. The van der Waals surface area contributed by atoms with E-state index in [4.69, 9.17) is 4.74 Å². The minimum absolute atomic E-state index is 0.0849. The fraction of sp³-hybridized carbons (Fsp3) is 0.529. The van der Waals surface area contributed by atoms with E-state index in [0.29, 0.717) is 39.1 Å². The molecule has 1 aromatic carbocycles. The maximum atomic E-state index is 12.7. The number of ether oxygens (including phenoxy) is 1. The van der Waals surface area contributed by atoms with Crippen LogP contribution in [0.15, 0.2) is 24.3 Å². The first-order chi connectivity index (χ1) is 11.2. The van der Waals surface area contributed by atoms with Crippen LogP contribution in [0.25, 0.3) is 0 Å². The van der Waals surface area contributed by atoms with Crippen molar-refractivity contribution in [2.75, 3.05) is 37.7 Å². The fourth-order valence-electron chi connectivity index (χ4n) is 3.80. The zero-order valence-electron chi connectivity index (χ0n) is 13.1. The highest BCUT2D eigenvalue weighted by atomic mass is 16.5. The Bertz CT molecular complexity index is 640. The summed E-state index contributed by atoms with van der Waals surface area (Å²) in [5.41, 5.74) is 1.84. The predicted octanol–water partition coefficient (Wildman–Crippen LogP) is 1.15. The number of urea groups is 1. The summed E-state index contributed by atoms with van der Waals surface area (Å²) in [6.45, 7) is 3.12. The third kappa shape index (κ3) is 2.37. The molecule has 0 aliphatic carbocycles. The summed E-state index contributed by atoms with van der Waals surface area (Å²) in [6.07, 6.45) is 2.17. The molecule has 3 amide bonds. The van der Waals surface area contributed by atoms with E-state index in [9.17, 15) is 9.59 Å². The summed E-state index contributed by atoms with van der Waals surface area (Å²) in [7, 11) is 0. The summed E-state index contributed by atoms with van der Waals surface area (Å²) in [5.74, 6) is -0.0849. The lowest BCUT2D eigenvalue weighted by atomic mass is 9.90. The van der Waals surface area contributed by atoms with E-state index in [-0.39, 0.29) is 11.9 Å². The molecular formula is C17H21N3O3. The number of imide groups is 1. The first kappa shape index (κ1) is 14.5. The smallest absolute Gasteiger partial charge is 0.325 e. The van der Waals surface area contributed by atoms with Gasteiger partial charge in [-0.25, -0.2) is 4.79 Å². The number of para-hydroxylation sites is 1. The van der Waals surface area contributed by atoms with Crippen LogP contribution >= 0.6 is 0 Å². The van der Waals surface area contributed by atoms with Gasteiger partial charge in [-0.2, -0.15) is 0 Å². The van der Waals surface area contributed by atoms with Crippen molar-refractivity contribution in [1.29, 1.82) is 0 Å². The van der Waals surface area contributed by atoms with Crippen molar-refractivity contribution in [3.8, 4) is 0 Å². The second-order valence-corrected chi connectivity index (χ2v) is 6.45. The highest BCUT2D eigenvalue weighted by Gasteiger charge is 2.51. The van der Waals surface area contributed by atoms with E-state index in [0.717, 1.165) is 13.0 Å². The Hall–Kier alpha value is -2.08. The number of amides is 3. The van der Waals surface area contributed by atoms with Gasteiger partial charge in [0, 0.05) is 51.4 Å². The van der Waals surface area contributed by atoms with Gasteiger partial charge in [0.25, 0.3) is 5.91 Å². The van der Waals surface area contributed by atoms with Gasteiger partial charge < -0.3 is 15.0 Å². The van der Waals surface area contributed by atoms with Gasteiger partial charge in [-0.3, -0.25) is 9.69 Å². The number of nitrogens with zero attached hydrogens (tertiary/aromatic N) is 2. The van der Waals surface area contributed by atoms with Gasteiger partial charge in [-0.05, 0) is 18.1 Å². The SMILES string of the molecule is O=C1NC2(CCOCC2)C(=O)N1CCN1CCc2ccccc21. The van der Waals surface area contributed by atoms with E-state index >= 15 is 0 Å². The molecule has 0 aromatic heterocycles. The van der Waals surface area contributed by atoms with Crippen molar-refractivity contribution in [3.63, 3.8) is 0 Å². The van der Waals surface area contributed by atoms with Gasteiger partial charge >= 0.3 is 6.03 Å². The number of fused-ring (bicyclic) bond motifs is 1. The minimum Gasteiger partial charge on any atom is -0.381 e. The van der Waals surface area contributed by atoms with Crippen molar-refractivity contribution < 1.29 is 14.3 Å². The second-order valence-electron chi connectivity index (χ2n) is 6.45. The van der Waals surface area contributed by atoms with Crippen LogP contribution in [0.2, 0.25) is 0 Å². The molecule has 2 fully saturated rings. The van der Waals surface area contributed by atoms with Crippen LogP contribution < -0.4 is 10.2 Å². The Morgan fingerprint density at radius 1 is 1.13 bits per heavy atom. The van der Waals surface area contributed by atoms with Gasteiger partial charge in [0.15, 0.2) is 0 Å². The van der Waals surface area contributed by atoms with Gasteiger partial charge in [-0.1, -0.05) is 18.2 Å². The molecule has 3 aliphatic rings. The predicted molar refractivity (Wildman–Crippen MR) is 85.4 cm³/mol. The zero-order chi connectivity index (χ0) is 15.9. The zero-order valence-corrected chi connectivity index (χ0v) is 13.1. The number of benzene rings is 1. The lowest BCUT2D eigenvalue weighted by Crippen LogP contribution is -2.51. The highest BCUT2D eigenvalue weighted by Crippen LogP contribution is 2.30. The highest BCUT2D eigenvalue weighted by molar-refractivity contribution is 6.07. The minimum atomic E-state index is -0.724. The third-order valence-electron chi connectivity index (χ3n) is 5.17. The van der Waals surface area contributed by atoms with Crippen LogP contribution in [0.1, 0.15) is 18.4 Å². The number of carbonyl (C=O) groups is 2. The van der Waals surface area contributed by atoms with Crippen molar-refractivity contribution in [1.82, 2.24) is 10.2 Å². The molecule has 3 heterocycles. The Labute approximate surface area is 135 Å². The standard InChI is InChI=1S/C17H21N3O3/c21-15-17(6-11-23-12-7-17)18-16(22)20(15)10-9-19-8-5-13-3-1-2-4-14(13)19/h1-4H,5-12H2,(H,18,22). The molecule has 1 aromatic rings. The van der Waals surface area contributed by atoms with Crippen molar-refractivity contribution in [2.24, 2.45) is 0 Å². The number of anilines is 1. The molecule has 23 heavy (non-hydrogen) atoms. The molecule has 4 rings (SSSR count). The van der Waals surface area contributed by atoms with Crippen LogP contribution in [0.3, 0.4) is 0 Å². The summed E-state index contributed by atoms with van der Waals surface area (Å²) >= 11 is 0. The number of carbonyl (C=O) groups excluding carboxylic acids is 2. The van der Waals surface area contributed by atoms with Crippen molar-refractivity contribution >= 4 is 17.6 Å². The molecule has 0 radical (unpaired) electrons. The van der Waals surface area contributed by atoms with E-state index in [1.807, 2.05) is 6.07 Å².